The Morgan fingerprint density at radius 1 is 1.17 bits per heavy atom. The molecule has 4 nitrogen and oxygen atoms in total. The van der Waals surface area contributed by atoms with E-state index in [-0.39, 0.29) is 5.91 Å². The zero-order valence-electron chi connectivity index (χ0n) is 14.4. The Bertz CT molecular complexity index is 683. The summed E-state index contributed by atoms with van der Waals surface area (Å²) in [5.41, 5.74) is 3.01. The number of benzene rings is 2. The summed E-state index contributed by atoms with van der Waals surface area (Å²) in [6, 6.07) is 13.4. The molecule has 24 heavy (non-hydrogen) atoms. The van der Waals surface area contributed by atoms with Crippen LogP contribution in [0, 0.1) is 13.8 Å². The fourth-order valence-corrected chi connectivity index (χ4v) is 2.66. The van der Waals surface area contributed by atoms with Gasteiger partial charge in [-0.1, -0.05) is 29.8 Å². The second-order valence-electron chi connectivity index (χ2n) is 6.08. The number of hydrogen-bond acceptors (Lipinski definition) is 2. The van der Waals surface area contributed by atoms with Crippen molar-refractivity contribution in [1.82, 2.24) is 0 Å². The predicted molar refractivity (Wildman–Crippen MR) is 98.1 cm³/mol. The highest BCUT2D eigenvalue weighted by atomic mass is 35.5. The molecule has 0 bridgehead atoms. The summed E-state index contributed by atoms with van der Waals surface area (Å²) >= 11 is 6.04. The summed E-state index contributed by atoms with van der Waals surface area (Å²) in [5, 5.41) is 3.37. The molecule has 0 aliphatic carbocycles. The van der Waals surface area contributed by atoms with Crippen LogP contribution in [0.2, 0.25) is 5.02 Å². The van der Waals surface area contributed by atoms with E-state index in [0.29, 0.717) is 23.9 Å². The number of carbonyl (C=O) groups is 1. The van der Waals surface area contributed by atoms with Gasteiger partial charge in [-0.3, -0.25) is 4.79 Å². The highest BCUT2D eigenvalue weighted by Gasteiger charge is 2.11. The lowest BCUT2D eigenvalue weighted by Crippen LogP contribution is -3.10. The zero-order valence-corrected chi connectivity index (χ0v) is 15.1. The van der Waals surface area contributed by atoms with Gasteiger partial charge in [-0.05, 0) is 49.2 Å². The summed E-state index contributed by atoms with van der Waals surface area (Å²) < 4.78 is 5.78. The summed E-state index contributed by atoms with van der Waals surface area (Å²) in [5.74, 6) is 0.813. The van der Waals surface area contributed by atoms with E-state index in [1.165, 1.54) is 11.1 Å². The second-order valence-corrected chi connectivity index (χ2v) is 6.49. The molecule has 5 heteroatoms. The van der Waals surface area contributed by atoms with Crippen LogP contribution in [0.15, 0.2) is 42.5 Å². The molecule has 0 fully saturated rings. The number of nitrogens with one attached hydrogen (secondary N) is 2. The van der Waals surface area contributed by atoms with Crippen LogP contribution in [0.25, 0.3) is 0 Å². The monoisotopic (exact) mass is 347 g/mol. The normalized spacial score (nSPS) is 11.8. The average molecular weight is 348 g/mol. The van der Waals surface area contributed by atoms with Gasteiger partial charge < -0.3 is 15.0 Å². The molecule has 2 aromatic carbocycles. The van der Waals surface area contributed by atoms with E-state index in [9.17, 15) is 4.79 Å². The maximum Gasteiger partial charge on any atom is 0.279 e. The molecular weight excluding hydrogens is 324 g/mol. The Hall–Kier alpha value is -2.04. The van der Waals surface area contributed by atoms with Crippen LogP contribution in [-0.4, -0.2) is 32.7 Å². The first kappa shape index (κ1) is 18.3. The Morgan fingerprint density at radius 2 is 1.83 bits per heavy atom. The third-order valence-electron chi connectivity index (χ3n) is 3.60. The number of para-hydroxylation sites is 1. The molecule has 128 valence electrons. The number of likely N-dealkylation sites (N-methyl/N-ethyl adjacent to an activating group) is 1. The highest BCUT2D eigenvalue weighted by molar-refractivity contribution is 6.33. The van der Waals surface area contributed by atoms with Crippen molar-refractivity contribution in [2.75, 3.05) is 32.1 Å². The lowest BCUT2D eigenvalue weighted by molar-refractivity contribution is -0.871. The molecule has 0 aliphatic heterocycles. The summed E-state index contributed by atoms with van der Waals surface area (Å²) in [7, 11) is 1.97. The van der Waals surface area contributed by atoms with Gasteiger partial charge in [0.25, 0.3) is 5.91 Å². The van der Waals surface area contributed by atoms with Gasteiger partial charge in [0.15, 0.2) is 6.54 Å². The number of rotatable bonds is 7. The largest absolute Gasteiger partial charge is 0.488 e. The number of quaternary nitrogens is 1. The van der Waals surface area contributed by atoms with Crippen LogP contribution in [0.4, 0.5) is 5.69 Å². The van der Waals surface area contributed by atoms with Crippen molar-refractivity contribution < 1.29 is 14.4 Å². The Kier molecular flexibility index (Phi) is 6.64. The molecule has 0 aliphatic rings. The third kappa shape index (κ3) is 5.87. The lowest BCUT2D eigenvalue weighted by Gasteiger charge is -2.15. The van der Waals surface area contributed by atoms with Crippen LogP contribution < -0.4 is 15.0 Å². The fourth-order valence-electron chi connectivity index (χ4n) is 2.48. The molecule has 2 rings (SSSR count). The summed E-state index contributed by atoms with van der Waals surface area (Å²) in [6.45, 7) is 5.77. The highest BCUT2D eigenvalue weighted by Crippen LogP contribution is 2.20. The van der Waals surface area contributed by atoms with E-state index in [4.69, 9.17) is 16.3 Å². The molecule has 0 saturated carbocycles. The number of halogens is 1. The van der Waals surface area contributed by atoms with Gasteiger partial charge in [-0.15, -0.1) is 0 Å². The molecule has 1 atom stereocenters. The fraction of sp³-hybridized carbons (Fsp3) is 0.316. The molecule has 0 radical (unpaired) electrons. The van der Waals surface area contributed by atoms with Crippen LogP contribution in [0.3, 0.4) is 0 Å². The third-order valence-corrected chi connectivity index (χ3v) is 3.93. The van der Waals surface area contributed by atoms with Crippen molar-refractivity contribution in [3.8, 4) is 5.75 Å². The minimum atomic E-state index is -0.0630. The second kappa shape index (κ2) is 8.71. The summed E-state index contributed by atoms with van der Waals surface area (Å²) in [4.78, 5) is 13.1. The Labute approximate surface area is 148 Å². The first-order valence-corrected chi connectivity index (χ1v) is 8.38. The molecule has 2 N–H and O–H groups in total. The van der Waals surface area contributed by atoms with E-state index in [2.05, 4.69) is 25.2 Å². The minimum absolute atomic E-state index is 0.0630. The summed E-state index contributed by atoms with van der Waals surface area (Å²) in [6.07, 6.45) is 0. The maximum atomic E-state index is 12.1. The van der Waals surface area contributed by atoms with Crippen LogP contribution >= 0.6 is 11.6 Å². The SMILES string of the molecule is Cc1cc(C)cc(OCC[NH+](C)CC(=O)Nc2ccccc2Cl)c1. The zero-order chi connectivity index (χ0) is 17.5. The van der Waals surface area contributed by atoms with E-state index in [1.54, 1.807) is 12.1 Å². The van der Waals surface area contributed by atoms with Crippen molar-refractivity contribution in [2.45, 2.75) is 13.8 Å². The van der Waals surface area contributed by atoms with E-state index < -0.39 is 0 Å². The number of aryl methyl sites for hydroxylation is 2. The van der Waals surface area contributed by atoms with Gasteiger partial charge in [0.2, 0.25) is 0 Å². The van der Waals surface area contributed by atoms with Crippen molar-refractivity contribution in [3.05, 3.63) is 58.6 Å². The smallest absolute Gasteiger partial charge is 0.279 e. The minimum Gasteiger partial charge on any atom is -0.488 e. The van der Waals surface area contributed by atoms with Crippen molar-refractivity contribution >= 4 is 23.2 Å². The van der Waals surface area contributed by atoms with Crippen molar-refractivity contribution in [1.29, 1.82) is 0 Å². The van der Waals surface area contributed by atoms with Crippen LogP contribution in [0.5, 0.6) is 5.75 Å². The van der Waals surface area contributed by atoms with Gasteiger partial charge in [0, 0.05) is 0 Å². The Morgan fingerprint density at radius 3 is 2.50 bits per heavy atom. The molecular formula is C19H24ClN2O2+. The van der Waals surface area contributed by atoms with Gasteiger partial charge in [0.1, 0.15) is 18.9 Å². The average Bonchev–Trinajstić information content (AvgIpc) is 2.48. The maximum absolute atomic E-state index is 12.1. The topological polar surface area (TPSA) is 42.8 Å². The first-order valence-electron chi connectivity index (χ1n) is 8.01. The van der Waals surface area contributed by atoms with Gasteiger partial charge >= 0.3 is 0 Å². The predicted octanol–water partition coefficient (Wildman–Crippen LogP) is 2.49. The van der Waals surface area contributed by atoms with Crippen molar-refractivity contribution in [2.24, 2.45) is 0 Å². The molecule has 0 heterocycles. The van der Waals surface area contributed by atoms with Gasteiger partial charge in [-0.2, -0.15) is 0 Å². The van der Waals surface area contributed by atoms with E-state index >= 15 is 0 Å². The number of hydrogen-bond donors (Lipinski definition) is 2. The molecule has 0 spiro atoms. The number of anilines is 1. The quantitative estimate of drug-likeness (QED) is 0.808. The van der Waals surface area contributed by atoms with Crippen LogP contribution in [0.1, 0.15) is 11.1 Å². The first-order chi connectivity index (χ1) is 11.4. The van der Waals surface area contributed by atoms with Crippen LogP contribution in [-0.2, 0) is 4.79 Å². The van der Waals surface area contributed by atoms with Crippen molar-refractivity contribution in [3.63, 3.8) is 0 Å². The molecule has 2 aromatic rings. The molecule has 1 unspecified atom stereocenters. The van der Waals surface area contributed by atoms with E-state index in [1.807, 2.05) is 31.3 Å². The molecule has 0 aromatic heterocycles. The Balaban J connectivity index is 1.75. The van der Waals surface area contributed by atoms with Gasteiger partial charge in [-0.25, -0.2) is 0 Å². The van der Waals surface area contributed by atoms with Gasteiger partial charge in [0.05, 0.1) is 17.8 Å². The molecule has 1 amide bonds. The lowest BCUT2D eigenvalue weighted by atomic mass is 10.1. The standard InChI is InChI=1S/C19H23ClN2O2/c1-14-10-15(2)12-16(11-14)24-9-8-22(3)13-19(23)21-18-7-5-4-6-17(18)20/h4-7,10-12H,8-9,13H2,1-3H3,(H,21,23)/p+1. The van der Waals surface area contributed by atoms with E-state index in [0.717, 1.165) is 17.2 Å². The molecule has 0 saturated heterocycles. The number of amides is 1. The number of carbonyl (C=O) groups excluding carboxylic acids is 1. The number of ether oxygens (including phenoxy) is 1.